The van der Waals surface area contributed by atoms with E-state index < -0.39 is 6.61 Å². The Kier molecular flexibility index (Phi) is 4.45. The number of aliphatic hydroxyl groups is 1. The highest BCUT2D eigenvalue weighted by molar-refractivity contribution is 5.79. The van der Waals surface area contributed by atoms with Gasteiger partial charge < -0.3 is 10.0 Å². The molecule has 2 unspecified atom stereocenters. The maximum absolute atomic E-state index is 12.7. The van der Waals surface area contributed by atoms with Crippen molar-refractivity contribution in [2.75, 3.05) is 19.7 Å². The minimum Gasteiger partial charge on any atom is -0.387 e. The summed E-state index contributed by atoms with van der Waals surface area (Å²) in [7, 11) is 1.77. The average Bonchev–Trinajstić information content (AvgIpc) is 3.27. The van der Waals surface area contributed by atoms with Gasteiger partial charge in [0.15, 0.2) is 5.65 Å². The van der Waals surface area contributed by atoms with Gasteiger partial charge in [-0.25, -0.2) is 9.78 Å². The minimum atomic E-state index is -0.423. The van der Waals surface area contributed by atoms with E-state index in [1.54, 1.807) is 16.5 Å². The van der Waals surface area contributed by atoms with E-state index in [0.717, 1.165) is 17.6 Å². The number of hydrogen-bond donors (Lipinski definition) is 1. The highest BCUT2D eigenvalue weighted by atomic mass is 16.3. The smallest absolute Gasteiger partial charge is 0.330 e. The van der Waals surface area contributed by atoms with Gasteiger partial charge in [0.05, 0.1) is 11.2 Å². The molecule has 0 aromatic carbocycles. The van der Waals surface area contributed by atoms with Crippen LogP contribution < -0.4 is 5.69 Å². The molecule has 0 spiro atoms. The van der Waals surface area contributed by atoms with Crippen LogP contribution in [0.5, 0.6) is 0 Å². The van der Waals surface area contributed by atoms with Crippen LogP contribution in [0.1, 0.15) is 32.9 Å². The highest BCUT2D eigenvalue weighted by Crippen LogP contribution is 2.40. The summed E-state index contributed by atoms with van der Waals surface area (Å²) in [5.74, 6) is 0.508. The number of fused-ring (bicyclic) bond motifs is 2. The number of aliphatic hydroxyl groups excluding tert-OH is 1. The van der Waals surface area contributed by atoms with Crippen molar-refractivity contribution >= 4 is 22.6 Å². The average molecular weight is 384 g/mol. The molecule has 3 heterocycles. The van der Waals surface area contributed by atoms with Gasteiger partial charge in [-0.15, -0.1) is 0 Å². The fourth-order valence-corrected chi connectivity index (χ4v) is 4.48. The molecular weight excluding hydrogens is 356 g/mol. The maximum atomic E-state index is 12.7. The van der Waals surface area contributed by atoms with Crippen LogP contribution in [0.25, 0.3) is 16.7 Å². The quantitative estimate of drug-likeness (QED) is 0.872. The first kappa shape index (κ1) is 18.9. The normalized spacial score (nSPS) is 22.0. The highest BCUT2D eigenvalue weighted by Gasteiger charge is 2.38. The van der Waals surface area contributed by atoms with E-state index in [4.69, 9.17) is 10.1 Å². The second-order valence-corrected chi connectivity index (χ2v) is 9.30. The first-order valence-corrected chi connectivity index (χ1v) is 9.84. The van der Waals surface area contributed by atoms with Gasteiger partial charge in [-0.1, -0.05) is 26.8 Å². The number of aryl methyl sites for hydroxylation is 1. The number of pyridine rings is 1. The van der Waals surface area contributed by atoms with Crippen molar-refractivity contribution in [1.29, 1.82) is 0 Å². The number of carbonyl (C=O) groups excluding carboxylic acids is 1. The number of imidazole rings is 1. The zero-order chi connectivity index (χ0) is 20.2. The van der Waals surface area contributed by atoms with E-state index in [-0.39, 0.29) is 17.0 Å². The summed E-state index contributed by atoms with van der Waals surface area (Å²) in [6.45, 7) is 7.93. The predicted octanol–water partition coefficient (Wildman–Crippen LogP) is 1.64. The van der Waals surface area contributed by atoms with Crippen LogP contribution in [-0.2, 0) is 18.4 Å². The van der Waals surface area contributed by atoms with Crippen LogP contribution in [-0.4, -0.2) is 49.7 Å². The first-order chi connectivity index (χ1) is 13.2. The van der Waals surface area contributed by atoms with Crippen molar-refractivity contribution in [3.63, 3.8) is 0 Å². The lowest BCUT2D eigenvalue weighted by Crippen LogP contribution is -2.31. The molecule has 7 nitrogen and oxygen atoms in total. The van der Waals surface area contributed by atoms with Crippen LogP contribution in [0.15, 0.2) is 23.0 Å². The summed E-state index contributed by atoms with van der Waals surface area (Å²) >= 11 is 0. The van der Waals surface area contributed by atoms with Crippen molar-refractivity contribution in [2.45, 2.75) is 33.7 Å². The lowest BCUT2D eigenvalue weighted by atomic mass is 9.97. The van der Waals surface area contributed by atoms with E-state index in [0.29, 0.717) is 37.1 Å². The van der Waals surface area contributed by atoms with E-state index >= 15 is 0 Å². The molecule has 1 N–H and O–H groups in total. The summed E-state index contributed by atoms with van der Waals surface area (Å²) < 4.78 is 3.44. The second-order valence-electron chi connectivity index (χ2n) is 9.30. The van der Waals surface area contributed by atoms with E-state index in [1.807, 2.05) is 16.7 Å². The van der Waals surface area contributed by atoms with E-state index in [9.17, 15) is 9.59 Å². The van der Waals surface area contributed by atoms with Gasteiger partial charge in [0.1, 0.15) is 6.61 Å². The molecule has 2 atom stereocenters. The molecule has 2 aromatic heterocycles. The van der Waals surface area contributed by atoms with Gasteiger partial charge in [-0.2, -0.15) is 0 Å². The standard InChI is InChI=1S/C21H28N4O3/c1-21(2,3)12-25-17-6-5-16(22-19(17)23(4)20(25)28)13-7-14-9-24(18(27)11-26)10-15(14)8-13/h5-7,14-15,26H,8-12H2,1-4H3. The summed E-state index contributed by atoms with van der Waals surface area (Å²) in [6.07, 6.45) is 3.09. The van der Waals surface area contributed by atoms with Crippen LogP contribution in [0.2, 0.25) is 0 Å². The molecule has 0 bridgehead atoms. The molecule has 0 radical (unpaired) electrons. The van der Waals surface area contributed by atoms with E-state index in [2.05, 4.69) is 26.8 Å². The Morgan fingerprint density at radius 2 is 2.04 bits per heavy atom. The Balaban J connectivity index is 1.64. The van der Waals surface area contributed by atoms with Gasteiger partial charge in [0.2, 0.25) is 5.91 Å². The molecule has 0 saturated carbocycles. The fraction of sp³-hybridized carbons (Fsp3) is 0.571. The van der Waals surface area contributed by atoms with Gasteiger partial charge in [0, 0.05) is 26.7 Å². The number of rotatable bonds is 3. The Labute approximate surface area is 164 Å². The molecule has 4 rings (SSSR count). The lowest BCUT2D eigenvalue weighted by Gasteiger charge is -2.18. The summed E-state index contributed by atoms with van der Waals surface area (Å²) in [4.78, 5) is 31.0. The summed E-state index contributed by atoms with van der Waals surface area (Å²) in [5, 5.41) is 9.06. The number of carbonyl (C=O) groups is 1. The molecule has 1 aliphatic carbocycles. The molecule has 1 aliphatic heterocycles. The number of likely N-dealkylation sites (tertiary alicyclic amines) is 1. The molecule has 1 fully saturated rings. The summed E-state index contributed by atoms with van der Waals surface area (Å²) in [5.41, 5.74) is 3.63. The zero-order valence-corrected chi connectivity index (χ0v) is 17.0. The van der Waals surface area contributed by atoms with Crippen molar-refractivity contribution in [3.8, 4) is 0 Å². The van der Waals surface area contributed by atoms with Crippen LogP contribution in [0, 0.1) is 17.3 Å². The van der Waals surface area contributed by atoms with Crippen molar-refractivity contribution in [2.24, 2.45) is 24.3 Å². The van der Waals surface area contributed by atoms with Gasteiger partial charge >= 0.3 is 5.69 Å². The minimum absolute atomic E-state index is 0.0000833. The number of amides is 1. The number of hydrogen-bond acceptors (Lipinski definition) is 4. The molecule has 2 aromatic rings. The molecule has 150 valence electrons. The van der Waals surface area contributed by atoms with Crippen molar-refractivity contribution in [3.05, 3.63) is 34.4 Å². The van der Waals surface area contributed by atoms with Crippen LogP contribution in [0.4, 0.5) is 0 Å². The Hall–Kier alpha value is -2.41. The monoisotopic (exact) mass is 384 g/mol. The SMILES string of the molecule is Cn1c(=O)n(CC(C)(C)C)c2ccc(C3=CC4CN(C(=O)CO)CC4C3)nc21. The second kappa shape index (κ2) is 6.58. The third-order valence-corrected chi connectivity index (χ3v) is 5.82. The predicted molar refractivity (Wildman–Crippen MR) is 108 cm³/mol. The fourth-order valence-electron chi connectivity index (χ4n) is 4.48. The van der Waals surface area contributed by atoms with Crippen molar-refractivity contribution in [1.82, 2.24) is 19.0 Å². The Morgan fingerprint density at radius 3 is 2.68 bits per heavy atom. The molecule has 7 heteroatoms. The van der Waals surface area contributed by atoms with Gasteiger partial charge in [-0.05, 0) is 41.4 Å². The number of allylic oxidation sites excluding steroid dienone is 1. The molecule has 28 heavy (non-hydrogen) atoms. The largest absolute Gasteiger partial charge is 0.387 e. The molecule has 1 amide bonds. The summed E-state index contributed by atoms with van der Waals surface area (Å²) in [6, 6.07) is 4.01. The Morgan fingerprint density at radius 1 is 1.29 bits per heavy atom. The lowest BCUT2D eigenvalue weighted by molar-refractivity contribution is -0.133. The number of nitrogens with zero attached hydrogens (tertiary/aromatic N) is 4. The van der Waals surface area contributed by atoms with Gasteiger partial charge in [0.25, 0.3) is 0 Å². The van der Waals surface area contributed by atoms with Crippen LogP contribution >= 0.6 is 0 Å². The third-order valence-electron chi connectivity index (χ3n) is 5.82. The number of aromatic nitrogens is 3. The maximum Gasteiger partial charge on any atom is 0.330 e. The first-order valence-electron chi connectivity index (χ1n) is 9.84. The Bertz CT molecular complexity index is 1020. The van der Waals surface area contributed by atoms with E-state index in [1.165, 1.54) is 5.57 Å². The van der Waals surface area contributed by atoms with Crippen LogP contribution in [0.3, 0.4) is 0 Å². The van der Waals surface area contributed by atoms with Gasteiger partial charge in [-0.3, -0.25) is 13.9 Å². The molecule has 1 saturated heterocycles. The topological polar surface area (TPSA) is 80.4 Å². The van der Waals surface area contributed by atoms with Crippen molar-refractivity contribution < 1.29 is 9.90 Å². The molecular formula is C21H28N4O3. The zero-order valence-electron chi connectivity index (χ0n) is 17.0. The molecule has 2 aliphatic rings. The third kappa shape index (κ3) is 3.17.